The fourth-order valence-electron chi connectivity index (χ4n) is 1.65. The van der Waals surface area contributed by atoms with Crippen molar-refractivity contribution in [1.29, 1.82) is 0 Å². The van der Waals surface area contributed by atoms with E-state index in [0.29, 0.717) is 17.9 Å². The molecule has 1 aromatic rings. The summed E-state index contributed by atoms with van der Waals surface area (Å²) in [4.78, 5) is 22.0. The maximum Gasteiger partial charge on any atom is 0.250 e. The highest BCUT2D eigenvalue weighted by Crippen LogP contribution is 2.45. The van der Waals surface area contributed by atoms with Gasteiger partial charge in [0.25, 0.3) is 0 Å². The predicted molar refractivity (Wildman–Crippen MR) is 48.3 cm³/mol. The number of furan rings is 1. The molecule has 2 aliphatic rings. The molecule has 0 saturated heterocycles. The summed E-state index contributed by atoms with van der Waals surface area (Å²) in [5.41, 5.74) is 0.0833. The highest BCUT2D eigenvalue weighted by molar-refractivity contribution is 6.07. The second-order valence-electron chi connectivity index (χ2n) is 3.67. The Kier molecular flexibility index (Phi) is 1.18. The molecule has 3 rings (SSSR count). The molecule has 1 fully saturated rings. The zero-order valence-electron chi connectivity index (χ0n) is 7.29. The Labute approximate surface area is 79.5 Å². The average molecular weight is 192 g/mol. The second kappa shape index (κ2) is 2.17. The van der Waals surface area contributed by atoms with Gasteiger partial charge >= 0.3 is 0 Å². The summed E-state index contributed by atoms with van der Waals surface area (Å²) in [5, 5.41) is 5.73. The Balaban J connectivity index is 2.04. The predicted octanol–water partition coefficient (Wildman–Crippen LogP) is 0.989. The minimum Gasteiger partial charge on any atom is -0.436 e. The quantitative estimate of drug-likeness (QED) is 0.651. The lowest BCUT2D eigenvalue weighted by Crippen LogP contribution is -2.40. The van der Waals surface area contributed by atoms with E-state index in [2.05, 4.69) is 10.6 Å². The highest BCUT2D eigenvalue weighted by Gasteiger charge is 2.53. The van der Waals surface area contributed by atoms with Crippen LogP contribution in [0.1, 0.15) is 23.4 Å². The smallest absolute Gasteiger partial charge is 0.250 e. The van der Waals surface area contributed by atoms with Crippen LogP contribution >= 0.6 is 0 Å². The van der Waals surface area contributed by atoms with Gasteiger partial charge in [0.05, 0.1) is 0 Å². The van der Waals surface area contributed by atoms with E-state index in [-0.39, 0.29) is 11.7 Å². The molecule has 5 heteroatoms. The number of hydrogen-bond acceptors (Lipinski definition) is 4. The first-order valence-electron chi connectivity index (χ1n) is 4.42. The van der Waals surface area contributed by atoms with Crippen LogP contribution in [0.3, 0.4) is 0 Å². The molecular formula is C9H8N2O3. The molecule has 1 aliphatic carbocycles. The number of carbonyl (C=O) groups is 2. The van der Waals surface area contributed by atoms with Crippen LogP contribution < -0.4 is 10.6 Å². The third-order valence-electron chi connectivity index (χ3n) is 2.65. The first-order chi connectivity index (χ1) is 6.73. The maximum atomic E-state index is 11.5. The van der Waals surface area contributed by atoms with Gasteiger partial charge in [0.2, 0.25) is 11.8 Å². The number of anilines is 2. The molecule has 0 aromatic carbocycles. The minimum atomic E-state index is -0.467. The summed E-state index contributed by atoms with van der Waals surface area (Å²) >= 11 is 0. The van der Waals surface area contributed by atoms with E-state index in [4.69, 9.17) is 4.42 Å². The Morgan fingerprint density at radius 2 is 2.29 bits per heavy atom. The molecule has 1 spiro atoms. The summed E-state index contributed by atoms with van der Waals surface area (Å²) in [6.07, 6.45) is 2.25. The highest BCUT2D eigenvalue weighted by atomic mass is 16.4. The summed E-state index contributed by atoms with van der Waals surface area (Å²) in [6.45, 7) is 0. The fraction of sp³-hybridized carbons (Fsp3) is 0.333. The molecular weight excluding hydrogens is 184 g/mol. The largest absolute Gasteiger partial charge is 0.436 e. The molecule has 2 N–H and O–H groups in total. The van der Waals surface area contributed by atoms with Gasteiger partial charge < -0.3 is 15.1 Å². The summed E-state index contributed by atoms with van der Waals surface area (Å²) in [5.74, 6) is 0.674. The molecule has 2 heterocycles. The van der Waals surface area contributed by atoms with Crippen molar-refractivity contribution in [3.8, 4) is 0 Å². The normalized spacial score (nSPS) is 21.0. The summed E-state index contributed by atoms with van der Waals surface area (Å²) in [6, 6.07) is 1.52. The Morgan fingerprint density at radius 3 is 2.93 bits per heavy atom. The lowest BCUT2D eigenvalue weighted by molar-refractivity contribution is -0.117. The molecule has 5 nitrogen and oxygen atoms in total. The van der Waals surface area contributed by atoms with E-state index >= 15 is 0 Å². The molecule has 1 aliphatic heterocycles. The van der Waals surface area contributed by atoms with E-state index in [1.54, 1.807) is 0 Å². The van der Waals surface area contributed by atoms with Crippen LogP contribution in [0, 0.1) is 0 Å². The van der Waals surface area contributed by atoms with E-state index in [1.807, 2.05) is 0 Å². The molecule has 0 atom stereocenters. The van der Waals surface area contributed by atoms with Gasteiger partial charge in [0.1, 0.15) is 11.2 Å². The van der Waals surface area contributed by atoms with E-state index in [1.165, 1.54) is 6.07 Å². The van der Waals surface area contributed by atoms with Crippen molar-refractivity contribution < 1.29 is 14.0 Å². The monoisotopic (exact) mass is 192 g/mol. The lowest BCUT2D eigenvalue weighted by atomic mass is 10.2. The summed E-state index contributed by atoms with van der Waals surface area (Å²) in [7, 11) is 0. The van der Waals surface area contributed by atoms with Gasteiger partial charge in [-0.2, -0.15) is 0 Å². The number of rotatable bonds is 1. The van der Waals surface area contributed by atoms with E-state index < -0.39 is 5.54 Å². The Morgan fingerprint density at radius 1 is 1.50 bits per heavy atom. The third-order valence-corrected chi connectivity index (χ3v) is 2.65. The minimum absolute atomic E-state index is 0.0387. The molecule has 1 saturated carbocycles. The number of amides is 1. The topological polar surface area (TPSA) is 71.3 Å². The zero-order chi connectivity index (χ0) is 9.76. The molecule has 1 aromatic heterocycles. The van der Waals surface area contributed by atoms with Crippen LogP contribution in [-0.4, -0.2) is 17.7 Å². The standard InChI is InChI=1S/C9H8N2O3/c12-4-5-3-6-7(14-5)11-9(1-2-9)8(13)10-6/h3-4,11H,1-2H2,(H,10,13). The van der Waals surface area contributed by atoms with Crippen LogP contribution in [0.25, 0.3) is 0 Å². The number of nitrogens with one attached hydrogen (secondary N) is 2. The Bertz CT molecular complexity index is 431. The van der Waals surface area contributed by atoms with Crippen LogP contribution in [0.5, 0.6) is 0 Å². The molecule has 1 amide bonds. The molecule has 0 bridgehead atoms. The lowest BCUT2D eigenvalue weighted by Gasteiger charge is -2.22. The third kappa shape index (κ3) is 0.837. The van der Waals surface area contributed by atoms with Crippen LogP contribution in [0.4, 0.5) is 11.6 Å². The maximum absolute atomic E-state index is 11.5. The van der Waals surface area contributed by atoms with Crippen molar-refractivity contribution >= 4 is 23.8 Å². The molecule has 0 unspecified atom stereocenters. The van der Waals surface area contributed by atoms with Crippen LogP contribution in [0.15, 0.2) is 10.5 Å². The van der Waals surface area contributed by atoms with Crippen molar-refractivity contribution in [3.63, 3.8) is 0 Å². The van der Waals surface area contributed by atoms with E-state index in [9.17, 15) is 9.59 Å². The zero-order valence-corrected chi connectivity index (χ0v) is 7.29. The van der Waals surface area contributed by atoms with Gasteiger partial charge in [-0.15, -0.1) is 0 Å². The van der Waals surface area contributed by atoms with Crippen molar-refractivity contribution in [2.24, 2.45) is 0 Å². The number of aldehydes is 1. The Hall–Kier alpha value is -1.78. The number of hydrogen-bond donors (Lipinski definition) is 2. The number of fused-ring (bicyclic) bond motifs is 1. The van der Waals surface area contributed by atoms with Gasteiger partial charge in [0, 0.05) is 6.07 Å². The fourth-order valence-corrected chi connectivity index (χ4v) is 1.65. The van der Waals surface area contributed by atoms with Gasteiger partial charge in [-0.25, -0.2) is 0 Å². The van der Waals surface area contributed by atoms with Crippen LogP contribution in [-0.2, 0) is 4.79 Å². The molecule has 0 radical (unpaired) electrons. The van der Waals surface area contributed by atoms with Crippen LogP contribution in [0.2, 0.25) is 0 Å². The van der Waals surface area contributed by atoms with Gasteiger partial charge in [-0.3, -0.25) is 9.59 Å². The van der Waals surface area contributed by atoms with Gasteiger partial charge in [-0.05, 0) is 12.8 Å². The average Bonchev–Trinajstić information content (AvgIpc) is 2.82. The van der Waals surface area contributed by atoms with Gasteiger partial charge in [-0.1, -0.05) is 0 Å². The molecule has 14 heavy (non-hydrogen) atoms. The second-order valence-corrected chi connectivity index (χ2v) is 3.67. The van der Waals surface area contributed by atoms with Crippen molar-refractivity contribution in [2.45, 2.75) is 18.4 Å². The van der Waals surface area contributed by atoms with Crippen molar-refractivity contribution in [1.82, 2.24) is 0 Å². The summed E-state index contributed by atoms with van der Waals surface area (Å²) < 4.78 is 5.19. The first-order valence-corrected chi connectivity index (χ1v) is 4.42. The molecule has 72 valence electrons. The van der Waals surface area contributed by atoms with Gasteiger partial charge in [0.15, 0.2) is 12.0 Å². The number of carbonyl (C=O) groups excluding carboxylic acids is 2. The van der Waals surface area contributed by atoms with E-state index in [0.717, 1.165) is 12.8 Å². The van der Waals surface area contributed by atoms with Crippen molar-refractivity contribution in [2.75, 3.05) is 10.6 Å². The SMILES string of the molecule is O=Cc1cc2c(o1)NC1(CC1)C(=O)N2. The van der Waals surface area contributed by atoms with Crippen molar-refractivity contribution in [3.05, 3.63) is 11.8 Å². The first kappa shape index (κ1) is 7.61.